The van der Waals surface area contributed by atoms with Crippen molar-refractivity contribution in [2.24, 2.45) is 5.73 Å². The van der Waals surface area contributed by atoms with E-state index >= 15 is 0 Å². The van der Waals surface area contributed by atoms with E-state index in [4.69, 9.17) is 22.1 Å². The van der Waals surface area contributed by atoms with Crippen LogP contribution in [-0.4, -0.2) is 69.5 Å². The minimum atomic E-state index is -3.66. The van der Waals surface area contributed by atoms with Gasteiger partial charge in [0.05, 0.1) is 11.6 Å². The molecule has 0 spiro atoms. The Kier molecular flexibility index (Phi) is 5.99. The predicted octanol–water partition coefficient (Wildman–Crippen LogP) is 0.147. The molecule has 2 N–H and O–H groups in total. The minimum absolute atomic E-state index is 0.0810. The molecular weight excluding hydrogens is 342 g/mol. The van der Waals surface area contributed by atoms with Crippen LogP contribution in [0.4, 0.5) is 0 Å². The van der Waals surface area contributed by atoms with Crippen LogP contribution in [0.1, 0.15) is 0 Å². The minimum Gasteiger partial charge on any atom is -0.383 e. The van der Waals surface area contributed by atoms with Crippen molar-refractivity contribution >= 4 is 27.5 Å². The number of ether oxygens (including phenoxy) is 1. The fourth-order valence-electron chi connectivity index (χ4n) is 2.43. The summed E-state index contributed by atoms with van der Waals surface area (Å²) in [6.07, 6.45) is 0. The third-order valence-corrected chi connectivity index (χ3v) is 6.07. The standard InChI is InChI=1S/C14H20ClN3O4S/c1-22-10-12(16)14(19)17-6-8-18(9-7-17)23(20,21)13-5-3-2-4-11(13)15/h2-5,12H,6-10,16H2,1H3. The quantitative estimate of drug-likeness (QED) is 0.805. The molecule has 23 heavy (non-hydrogen) atoms. The molecule has 0 aromatic heterocycles. The molecule has 1 aliphatic heterocycles. The molecule has 7 nitrogen and oxygen atoms in total. The van der Waals surface area contributed by atoms with Gasteiger partial charge in [0.15, 0.2) is 0 Å². The lowest BCUT2D eigenvalue weighted by Gasteiger charge is -2.35. The van der Waals surface area contributed by atoms with Crippen molar-refractivity contribution in [3.05, 3.63) is 29.3 Å². The number of carbonyl (C=O) groups excluding carboxylic acids is 1. The van der Waals surface area contributed by atoms with E-state index in [0.29, 0.717) is 13.1 Å². The maximum atomic E-state index is 12.6. The van der Waals surface area contributed by atoms with Crippen molar-refractivity contribution in [3.8, 4) is 0 Å². The molecule has 1 heterocycles. The van der Waals surface area contributed by atoms with Crippen molar-refractivity contribution in [1.29, 1.82) is 0 Å². The maximum absolute atomic E-state index is 12.6. The normalized spacial score (nSPS) is 18.0. The van der Waals surface area contributed by atoms with Crippen LogP contribution in [0.3, 0.4) is 0 Å². The highest BCUT2D eigenvalue weighted by Gasteiger charge is 2.32. The Bertz CT molecular complexity index is 660. The summed E-state index contributed by atoms with van der Waals surface area (Å²) in [5.41, 5.74) is 5.72. The van der Waals surface area contributed by atoms with Gasteiger partial charge >= 0.3 is 0 Å². The van der Waals surface area contributed by atoms with Crippen molar-refractivity contribution in [3.63, 3.8) is 0 Å². The summed E-state index contributed by atoms with van der Waals surface area (Å²) in [6, 6.07) is 5.59. The van der Waals surface area contributed by atoms with Gasteiger partial charge in [0.2, 0.25) is 15.9 Å². The highest BCUT2D eigenvalue weighted by Crippen LogP contribution is 2.25. The largest absolute Gasteiger partial charge is 0.383 e. The monoisotopic (exact) mass is 361 g/mol. The Morgan fingerprint density at radius 1 is 1.30 bits per heavy atom. The number of amides is 1. The first-order chi connectivity index (χ1) is 10.9. The van der Waals surface area contributed by atoms with E-state index in [1.807, 2.05) is 0 Å². The summed E-state index contributed by atoms with van der Waals surface area (Å²) in [5.74, 6) is -0.235. The second kappa shape index (κ2) is 7.59. The third kappa shape index (κ3) is 4.02. The van der Waals surface area contributed by atoms with Crippen LogP contribution >= 0.6 is 11.6 Å². The van der Waals surface area contributed by atoms with Gasteiger partial charge in [-0.15, -0.1) is 0 Å². The van der Waals surface area contributed by atoms with Gasteiger partial charge in [-0.1, -0.05) is 23.7 Å². The third-order valence-electron chi connectivity index (χ3n) is 3.67. The SMILES string of the molecule is COCC(N)C(=O)N1CCN(S(=O)(=O)c2ccccc2Cl)CC1. The number of hydrogen-bond donors (Lipinski definition) is 1. The van der Waals surface area contributed by atoms with E-state index in [9.17, 15) is 13.2 Å². The molecule has 1 saturated heterocycles. The van der Waals surface area contributed by atoms with E-state index in [-0.39, 0.29) is 35.5 Å². The predicted molar refractivity (Wildman–Crippen MR) is 86.6 cm³/mol. The van der Waals surface area contributed by atoms with Crippen LogP contribution < -0.4 is 5.73 Å². The zero-order valence-corrected chi connectivity index (χ0v) is 14.4. The number of nitrogens with two attached hydrogens (primary N) is 1. The lowest BCUT2D eigenvalue weighted by Crippen LogP contribution is -2.55. The number of rotatable bonds is 5. The topological polar surface area (TPSA) is 92.9 Å². The number of nitrogens with zero attached hydrogens (tertiary/aromatic N) is 2. The second-order valence-electron chi connectivity index (χ2n) is 5.22. The van der Waals surface area contributed by atoms with Gasteiger partial charge in [-0.05, 0) is 12.1 Å². The number of sulfonamides is 1. The molecular formula is C14H20ClN3O4S. The number of piperazine rings is 1. The molecule has 0 bridgehead atoms. The van der Waals surface area contributed by atoms with Gasteiger partial charge in [-0.3, -0.25) is 4.79 Å². The van der Waals surface area contributed by atoms with Crippen LogP contribution in [0.5, 0.6) is 0 Å². The Morgan fingerprint density at radius 3 is 2.48 bits per heavy atom. The fourth-order valence-corrected chi connectivity index (χ4v) is 4.34. The Hall–Kier alpha value is -1.19. The molecule has 0 saturated carbocycles. The second-order valence-corrected chi connectivity index (χ2v) is 7.54. The zero-order chi connectivity index (χ0) is 17.0. The summed E-state index contributed by atoms with van der Waals surface area (Å²) in [6.45, 7) is 1.13. The van der Waals surface area contributed by atoms with Crippen LogP contribution in [0.2, 0.25) is 5.02 Å². The maximum Gasteiger partial charge on any atom is 0.244 e. The first kappa shape index (κ1) is 18.2. The van der Waals surface area contributed by atoms with Crippen molar-refractivity contribution in [2.45, 2.75) is 10.9 Å². The summed E-state index contributed by atoms with van der Waals surface area (Å²) in [4.78, 5) is 13.7. The summed E-state index contributed by atoms with van der Waals surface area (Å²) >= 11 is 5.98. The number of hydrogen-bond acceptors (Lipinski definition) is 5. The van der Waals surface area contributed by atoms with Crippen molar-refractivity contribution in [1.82, 2.24) is 9.21 Å². The zero-order valence-electron chi connectivity index (χ0n) is 12.8. The summed E-state index contributed by atoms with van der Waals surface area (Å²) in [7, 11) is -2.19. The van der Waals surface area contributed by atoms with E-state index in [2.05, 4.69) is 0 Å². The molecule has 0 aliphatic carbocycles. The molecule has 0 radical (unpaired) electrons. The first-order valence-corrected chi connectivity index (χ1v) is 8.97. The fraction of sp³-hybridized carbons (Fsp3) is 0.500. The number of methoxy groups -OCH3 is 1. The average molecular weight is 362 g/mol. The number of benzene rings is 1. The van der Waals surface area contributed by atoms with E-state index in [0.717, 1.165) is 0 Å². The van der Waals surface area contributed by atoms with Gasteiger partial charge in [-0.25, -0.2) is 8.42 Å². The van der Waals surface area contributed by atoms with Crippen molar-refractivity contribution < 1.29 is 17.9 Å². The molecule has 1 atom stereocenters. The molecule has 1 amide bonds. The summed E-state index contributed by atoms with van der Waals surface area (Å²) in [5, 5.41) is 0.188. The molecule has 1 aliphatic rings. The lowest BCUT2D eigenvalue weighted by molar-refractivity contribution is -0.134. The lowest BCUT2D eigenvalue weighted by atomic mass is 10.2. The molecule has 1 aromatic carbocycles. The molecule has 1 unspecified atom stereocenters. The Morgan fingerprint density at radius 2 is 1.91 bits per heavy atom. The highest BCUT2D eigenvalue weighted by molar-refractivity contribution is 7.89. The number of halogens is 1. The van der Waals surface area contributed by atoms with Gasteiger partial charge < -0.3 is 15.4 Å². The first-order valence-electron chi connectivity index (χ1n) is 7.16. The highest BCUT2D eigenvalue weighted by atomic mass is 35.5. The van der Waals surface area contributed by atoms with Gasteiger partial charge in [0.25, 0.3) is 0 Å². The van der Waals surface area contributed by atoms with E-state index in [1.54, 1.807) is 17.0 Å². The summed E-state index contributed by atoms with van der Waals surface area (Å²) < 4.78 is 31.4. The Balaban J connectivity index is 2.04. The number of carbonyl (C=O) groups is 1. The Labute approximate surface area is 141 Å². The van der Waals surface area contributed by atoms with E-state index < -0.39 is 16.1 Å². The smallest absolute Gasteiger partial charge is 0.244 e. The van der Waals surface area contributed by atoms with Crippen LogP contribution in [0, 0.1) is 0 Å². The van der Waals surface area contributed by atoms with Crippen LogP contribution in [-0.2, 0) is 19.6 Å². The molecule has 1 aromatic rings. The average Bonchev–Trinajstić information content (AvgIpc) is 2.54. The van der Waals surface area contributed by atoms with Gasteiger partial charge in [0, 0.05) is 33.3 Å². The molecule has 128 valence electrons. The molecule has 2 rings (SSSR count). The van der Waals surface area contributed by atoms with Gasteiger partial charge in [0.1, 0.15) is 10.9 Å². The van der Waals surface area contributed by atoms with Crippen LogP contribution in [0.25, 0.3) is 0 Å². The molecule has 9 heteroatoms. The van der Waals surface area contributed by atoms with Crippen LogP contribution in [0.15, 0.2) is 29.2 Å². The van der Waals surface area contributed by atoms with Gasteiger partial charge in [-0.2, -0.15) is 4.31 Å². The molecule has 1 fully saturated rings. The van der Waals surface area contributed by atoms with E-state index in [1.165, 1.54) is 23.5 Å². The van der Waals surface area contributed by atoms with Crippen molar-refractivity contribution in [2.75, 3.05) is 39.9 Å².